The van der Waals surface area contributed by atoms with Crippen molar-refractivity contribution < 1.29 is 0 Å². The van der Waals surface area contributed by atoms with Crippen molar-refractivity contribution in [2.75, 3.05) is 5.32 Å². The van der Waals surface area contributed by atoms with E-state index in [9.17, 15) is 0 Å². The lowest BCUT2D eigenvalue weighted by Crippen LogP contribution is -2.08. The van der Waals surface area contributed by atoms with E-state index < -0.39 is 0 Å². The van der Waals surface area contributed by atoms with Crippen molar-refractivity contribution in [3.63, 3.8) is 0 Å². The fourth-order valence-corrected chi connectivity index (χ4v) is 3.61. The fourth-order valence-electron chi connectivity index (χ4n) is 2.97. The SMILES string of the molecule is Cc1cc(I)ccc1NC(C)c1ccc2c(c1)CCC2. The monoisotopic (exact) mass is 377 g/mol. The molecule has 1 aliphatic rings. The van der Waals surface area contributed by atoms with Gasteiger partial charge < -0.3 is 5.32 Å². The van der Waals surface area contributed by atoms with Gasteiger partial charge in [-0.05, 0) is 96.2 Å². The van der Waals surface area contributed by atoms with Crippen LogP contribution in [-0.2, 0) is 12.8 Å². The molecule has 104 valence electrons. The molecule has 0 spiro atoms. The molecule has 1 nitrogen and oxygen atoms in total. The molecule has 2 aromatic rings. The fraction of sp³-hybridized carbons (Fsp3) is 0.333. The number of rotatable bonds is 3. The Balaban J connectivity index is 1.80. The number of hydrogen-bond donors (Lipinski definition) is 1. The molecule has 0 saturated carbocycles. The predicted octanol–water partition coefficient (Wildman–Crippen LogP) is 5.26. The largest absolute Gasteiger partial charge is 0.378 e. The third-order valence-electron chi connectivity index (χ3n) is 4.18. The average Bonchev–Trinajstić information content (AvgIpc) is 2.89. The van der Waals surface area contributed by atoms with Gasteiger partial charge in [-0.3, -0.25) is 0 Å². The molecule has 1 unspecified atom stereocenters. The zero-order chi connectivity index (χ0) is 14.1. The highest BCUT2D eigenvalue weighted by atomic mass is 127. The van der Waals surface area contributed by atoms with Crippen LogP contribution in [-0.4, -0.2) is 0 Å². The molecule has 2 aromatic carbocycles. The van der Waals surface area contributed by atoms with Gasteiger partial charge in [0.25, 0.3) is 0 Å². The van der Waals surface area contributed by atoms with Crippen LogP contribution in [0.15, 0.2) is 36.4 Å². The molecule has 20 heavy (non-hydrogen) atoms. The molecule has 3 rings (SSSR count). The molecule has 0 saturated heterocycles. The lowest BCUT2D eigenvalue weighted by Gasteiger charge is -2.18. The molecule has 1 N–H and O–H groups in total. The summed E-state index contributed by atoms with van der Waals surface area (Å²) in [6, 6.07) is 13.9. The number of benzene rings is 2. The number of halogens is 1. The first-order valence-corrected chi connectivity index (χ1v) is 8.36. The molecule has 2 heteroatoms. The highest BCUT2D eigenvalue weighted by Crippen LogP contribution is 2.28. The van der Waals surface area contributed by atoms with Crippen molar-refractivity contribution in [2.45, 2.75) is 39.2 Å². The zero-order valence-electron chi connectivity index (χ0n) is 12.0. The van der Waals surface area contributed by atoms with Gasteiger partial charge in [-0.25, -0.2) is 0 Å². The van der Waals surface area contributed by atoms with Gasteiger partial charge in [-0.1, -0.05) is 18.2 Å². The third-order valence-corrected chi connectivity index (χ3v) is 4.85. The summed E-state index contributed by atoms with van der Waals surface area (Å²) in [6.07, 6.45) is 3.82. The van der Waals surface area contributed by atoms with E-state index in [1.807, 2.05) is 0 Å². The summed E-state index contributed by atoms with van der Waals surface area (Å²) in [5.74, 6) is 0. The normalized spacial score (nSPS) is 14.9. The van der Waals surface area contributed by atoms with Crippen LogP contribution in [0.25, 0.3) is 0 Å². The summed E-state index contributed by atoms with van der Waals surface area (Å²) >= 11 is 2.36. The molecule has 1 aliphatic carbocycles. The van der Waals surface area contributed by atoms with Crippen molar-refractivity contribution in [3.8, 4) is 0 Å². The molecule has 0 bridgehead atoms. The van der Waals surface area contributed by atoms with Crippen LogP contribution < -0.4 is 5.32 Å². The first-order valence-electron chi connectivity index (χ1n) is 7.28. The van der Waals surface area contributed by atoms with E-state index in [-0.39, 0.29) is 0 Å². The predicted molar refractivity (Wildman–Crippen MR) is 94.4 cm³/mol. The van der Waals surface area contributed by atoms with Gasteiger partial charge in [0, 0.05) is 15.3 Å². The Hall–Kier alpha value is -1.03. The second-order valence-electron chi connectivity index (χ2n) is 5.71. The molecular formula is C18H20IN. The minimum Gasteiger partial charge on any atom is -0.378 e. The summed E-state index contributed by atoms with van der Waals surface area (Å²) < 4.78 is 1.29. The van der Waals surface area contributed by atoms with Crippen molar-refractivity contribution in [3.05, 3.63) is 62.2 Å². The maximum atomic E-state index is 3.64. The van der Waals surface area contributed by atoms with Gasteiger partial charge >= 0.3 is 0 Å². The maximum Gasteiger partial charge on any atom is 0.0485 e. The Morgan fingerprint density at radius 3 is 2.65 bits per heavy atom. The molecule has 0 heterocycles. The summed E-state index contributed by atoms with van der Waals surface area (Å²) in [6.45, 7) is 4.41. The minimum atomic E-state index is 0.347. The second-order valence-corrected chi connectivity index (χ2v) is 6.95. The van der Waals surface area contributed by atoms with Crippen LogP contribution in [0.5, 0.6) is 0 Å². The third kappa shape index (κ3) is 2.85. The molecule has 0 aliphatic heterocycles. The van der Waals surface area contributed by atoms with Gasteiger partial charge in [0.15, 0.2) is 0 Å². The summed E-state index contributed by atoms with van der Waals surface area (Å²) in [5.41, 5.74) is 7.04. The Morgan fingerprint density at radius 2 is 1.85 bits per heavy atom. The Kier molecular flexibility index (Phi) is 4.01. The van der Waals surface area contributed by atoms with Crippen LogP contribution in [0.3, 0.4) is 0 Å². The summed E-state index contributed by atoms with van der Waals surface area (Å²) in [5, 5.41) is 3.64. The van der Waals surface area contributed by atoms with E-state index >= 15 is 0 Å². The smallest absolute Gasteiger partial charge is 0.0485 e. The molecular weight excluding hydrogens is 357 g/mol. The van der Waals surface area contributed by atoms with E-state index in [4.69, 9.17) is 0 Å². The Morgan fingerprint density at radius 1 is 1.05 bits per heavy atom. The summed E-state index contributed by atoms with van der Waals surface area (Å²) in [4.78, 5) is 0. The zero-order valence-corrected chi connectivity index (χ0v) is 14.2. The lowest BCUT2D eigenvalue weighted by molar-refractivity contribution is 0.877. The standard InChI is InChI=1S/C18H20IN/c1-12-10-17(19)8-9-18(12)20-13(2)15-7-6-14-4-3-5-16(14)11-15/h6-11,13,20H,3-5H2,1-2H3. The number of hydrogen-bond acceptors (Lipinski definition) is 1. The highest BCUT2D eigenvalue weighted by molar-refractivity contribution is 14.1. The van der Waals surface area contributed by atoms with E-state index in [1.165, 1.54) is 39.6 Å². The van der Waals surface area contributed by atoms with Gasteiger partial charge in [0.2, 0.25) is 0 Å². The van der Waals surface area contributed by atoms with Gasteiger partial charge in [-0.2, -0.15) is 0 Å². The second kappa shape index (κ2) is 5.76. The van der Waals surface area contributed by atoms with Gasteiger partial charge in [0.05, 0.1) is 0 Å². The molecule has 0 radical (unpaired) electrons. The molecule has 0 amide bonds. The van der Waals surface area contributed by atoms with Crippen LogP contribution in [0.4, 0.5) is 5.69 Å². The first kappa shape index (κ1) is 13.9. The van der Waals surface area contributed by atoms with Crippen LogP contribution in [0.2, 0.25) is 0 Å². The lowest BCUT2D eigenvalue weighted by atomic mass is 10.0. The number of anilines is 1. The van der Waals surface area contributed by atoms with Crippen LogP contribution in [0, 0.1) is 10.5 Å². The maximum absolute atomic E-state index is 3.64. The quantitative estimate of drug-likeness (QED) is 0.720. The first-order chi connectivity index (χ1) is 9.63. The van der Waals surface area contributed by atoms with Crippen molar-refractivity contribution in [2.24, 2.45) is 0 Å². The van der Waals surface area contributed by atoms with Crippen LogP contribution in [0.1, 0.15) is 41.6 Å². The summed E-state index contributed by atoms with van der Waals surface area (Å²) in [7, 11) is 0. The topological polar surface area (TPSA) is 12.0 Å². The van der Waals surface area contributed by atoms with Crippen molar-refractivity contribution in [1.82, 2.24) is 0 Å². The molecule has 0 aromatic heterocycles. The minimum absolute atomic E-state index is 0.347. The van der Waals surface area contributed by atoms with Gasteiger partial charge in [0.1, 0.15) is 0 Å². The van der Waals surface area contributed by atoms with E-state index in [2.05, 4.69) is 78.2 Å². The number of fused-ring (bicyclic) bond motifs is 1. The van der Waals surface area contributed by atoms with Crippen molar-refractivity contribution >= 4 is 28.3 Å². The van der Waals surface area contributed by atoms with E-state index in [0.29, 0.717) is 6.04 Å². The Labute approximate surface area is 134 Å². The van der Waals surface area contributed by atoms with Crippen LogP contribution >= 0.6 is 22.6 Å². The Bertz CT molecular complexity index is 633. The van der Waals surface area contributed by atoms with Crippen molar-refractivity contribution in [1.29, 1.82) is 0 Å². The molecule has 1 atom stereocenters. The highest BCUT2D eigenvalue weighted by Gasteiger charge is 2.13. The van der Waals surface area contributed by atoms with Gasteiger partial charge in [-0.15, -0.1) is 0 Å². The number of aryl methyl sites for hydroxylation is 3. The average molecular weight is 377 g/mol. The molecule has 0 fully saturated rings. The van der Waals surface area contributed by atoms with E-state index in [1.54, 1.807) is 11.1 Å². The van der Waals surface area contributed by atoms with E-state index in [0.717, 1.165) is 0 Å². The number of nitrogens with one attached hydrogen (secondary N) is 1.